The third-order valence-corrected chi connectivity index (χ3v) is 3.19. The van der Waals surface area contributed by atoms with Crippen molar-refractivity contribution in [2.45, 2.75) is 20.3 Å². The van der Waals surface area contributed by atoms with Crippen molar-refractivity contribution in [3.63, 3.8) is 0 Å². The molecule has 0 atom stereocenters. The van der Waals surface area contributed by atoms with E-state index in [-0.39, 0.29) is 5.91 Å². The maximum atomic E-state index is 11.9. The third-order valence-electron chi connectivity index (χ3n) is 2.31. The highest BCUT2D eigenvalue weighted by Crippen LogP contribution is 2.16. The first-order chi connectivity index (χ1) is 9.19. The Morgan fingerprint density at radius 1 is 1.37 bits per heavy atom. The molecule has 100 valence electrons. The normalized spacial score (nSPS) is 10.2. The standard InChI is InChI=1S/C12H15N5OS/c1-3-6-13-12-17-16-11(19-12)10(18)15-9-5-4-8(2)14-7-9/h4-5,7H,3,6H2,1-2H3,(H,13,17)(H,15,18). The Balaban J connectivity index is 1.99. The lowest BCUT2D eigenvalue weighted by Gasteiger charge is -2.01. The van der Waals surface area contributed by atoms with Crippen LogP contribution in [0.1, 0.15) is 28.8 Å². The Kier molecular flexibility index (Phi) is 4.40. The van der Waals surface area contributed by atoms with E-state index >= 15 is 0 Å². The Bertz CT molecular complexity index is 552. The lowest BCUT2D eigenvalue weighted by Crippen LogP contribution is -2.11. The molecular weight excluding hydrogens is 262 g/mol. The topological polar surface area (TPSA) is 79.8 Å². The zero-order chi connectivity index (χ0) is 13.7. The highest BCUT2D eigenvalue weighted by Gasteiger charge is 2.12. The quantitative estimate of drug-likeness (QED) is 0.876. The zero-order valence-corrected chi connectivity index (χ0v) is 11.6. The lowest BCUT2D eigenvalue weighted by molar-refractivity contribution is 0.102. The van der Waals surface area contributed by atoms with E-state index in [4.69, 9.17) is 0 Å². The predicted octanol–water partition coefficient (Wildman–Crippen LogP) is 2.32. The van der Waals surface area contributed by atoms with Crippen LogP contribution >= 0.6 is 11.3 Å². The van der Waals surface area contributed by atoms with Gasteiger partial charge in [0.15, 0.2) is 0 Å². The molecule has 0 unspecified atom stereocenters. The fourth-order valence-electron chi connectivity index (χ4n) is 1.34. The van der Waals surface area contributed by atoms with Gasteiger partial charge < -0.3 is 10.6 Å². The van der Waals surface area contributed by atoms with Crippen LogP contribution in [0.15, 0.2) is 18.3 Å². The zero-order valence-electron chi connectivity index (χ0n) is 10.8. The van der Waals surface area contributed by atoms with E-state index in [0.29, 0.717) is 15.8 Å². The Morgan fingerprint density at radius 3 is 2.89 bits per heavy atom. The van der Waals surface area contributed by atoms with Crippen LogP contribution in [0.3, 0.4) is 0 Å². The Morgan fingerprint density at radius 2 is 2.21 bits per heavy atom. The fourth-order valence-corrected chi connectivity index (χ4v) is 2.01. The van der Waals surface area contributed by atoms with Crippen molar-refractivity contribution < 1.29 is 4.79 Å². The maximum absolute atomic E-state index is 11.9. The summed E-state index contributed by atoms with van der Waals surface area (Å²) in [6.07, 6.45) is 2.61. The molecule has 1 amide bonds. The van der Waals surface area contributed by atoms with Gasteiger partial charge in [0.05, 0.1) is 11.9 Å². The number of hydrogen-bond acceptors (Lipinski definition) is 6. The Labute approximate surface area is 115 Å². The van der Waals surface area contributed by atoms with Gasteiger partial charge in [-0.3, -0.25) is 9.78 Å². The van der Waals surface area contributed by atoms with Gasteiger partial charge in [0.2, 0.25) is 10.1 Å². The third kappa shape index (κ3) is 3.72. The number of rotatable bonds is 5. The van der Waals surface area contributed by atoms with E-state index in [9.17, 15) is 4.79 Å². The number of amides is 1. The molecule has 0 aliphatic rings. The molecule has 0 bridgehead atoms. The number of aryl methyl sites for hydroxylation is 1. The van der Waals surface area contributed by atoms with Crippen molar-refractivity contribution in [3.8, 4) is 0 Å². The molecule has 2 aromatic heterocycles. The van der Waals surface area contributed by atoms with Crippen LogP contribution in [-0.4, -0.2) is 27.6 Å². The van der Waals surface area contributed by atoms with Crippen LogP contribution < -0.4 is 10.6 Å². The van der Waals surface area contributed by atoms with E-state index in [2.05, 4.69) is 32.7 Å². The van der Waals surface area contributed by atoms with Crippen LogP contribution in [0.2, 0.25) is 0 Å². The molecule has 2 rings (SSSR count). The summed E-state index contributed by atoms with van der Waals surface area (Å²) in [7, 11) is 0. The van der Waals surface area contributed by atoms with Crippen molar-refractivity contribution >= 4 is 28.1 Å². The highest BCUT2D eigenvalue weighted by atomic mass is 32.1. The molecule has 6 nitrogen and oxygen atoms in total. The van der Waals surface area contributed by atoms with Crippen molar-refractivity contribution in [2.24, 2.45) is 0 Å². The van der Waals surface area contributed by atoms with Crippen molar-refractivity contribution in [3.05, 3.63) is 29.0 Å². The molecule has 0 aromatic carbocycles. The van der Waals surface area contributed by atoms with E-state index in [0.717, 1.165) is 18.7 Å². The molecule has 19 heavy (non-hydrogen) atoms. The van der Waals surface area contributed by atoms with Crippen LogP contribution in [0.25, 0.3) is 0 Å². The van der Waals surface area contributed by atoms with Crippen molar-refractivity contribution in [2.75, 3.05) is 17.2 Å². The van der Waals surface area contributed by atoms with Crippen molar-refractivity contribution in [1.82, 2.24) is 15.2 Å². The molecule has 0 saturated heterocycles. The maximum Gasteiger partial charge on any atom is 0.286 e. The van der Waals surface area contributed by atoms with Gasteiger partial charge in [-0.2, -0.15) is 0 Å². The second-order valence-electron chi connectivity index (χ2n) is 3.98. The van der Waals surface area contributed by atoms with Gasteiger partial charge in [0.1, 0.15) is 0 Å². The predicted molar refractivity (Wildman–Crippen MR) is 75.6 cm³/mol. The molecule has 0 aliphatic heterocycles. The van der Waals surface area contributed by atoms with E-state index in [1.807, 2.05) is 13.0 Å². The van der Waals surface area contributed by atoms with Crippen molar-refractivity contribution in [1.29, 1.82) is 0 Å². The van der Waals surface area contributed by atoms with Gasteiger partial charge >= 0.3 is 0 Å². The SMILES string of the molecule is CCCNc1nnc(C(=O)Nc2ccc(C)nc2)s1. The lowest BCUT2D eigenvalue weighted by atomic mass is 10.3. The first kappa shape index (κ1) is 13.4. The molecule has 7 heteroatoms. The smallest absolute Gasteiger partial charge is 0.286 e. The summed E-state index contributed by atoms with van der Waals surface area (Å²) in [5.41, 5.74) is 1.55. The minimum absolute atomic E-state index is 0.271. The second-order valence-corrected chi connectivity index (χ2v) is 4.96. The fraction of sp³-hybridized carbons (Fsp3) is 0.333. The summed E-state index contributed by atoms with van der Waals surface area (Å²) >= 11 is 1.24. The molecule has 0 spiro atoms. The van der Waals surface area contributed by atoms with E-state index in [1.165, 1.54) is 11.3 Å². The molecule has 0 radical (unpaired) electrons. The number of hydrogen-bond donors (Lipinski definition) is 2. The first-order valence-electron chi connectivity index (χ1n) is 6.00. The summed E-state index contributed by atoms with van der Waals surface area (Å²) in [5.74, 6) is -0.271. The van der Waals surface area contributed by atoms with Gasteiger partial charge in [0.25, 0.3) is 5.91 Å². The van der Waals surface area contributed by atoms with Gasteiger partial charge in [-0.1, -0.05) is 18.3 Å². The molecule has 2 heterocycles. The average Bonchev–Trinajstić information content (AvgIpc) is 2.88. The summed E-state index contributed by atoms with van der Waals surface area (Å²) < 4.78 is 0. The molecule has 0 saturated carbocycles. The average molecular weight is 277 g/mol. The summed E-state index contributed by atoms with van der Waals surface area (Å²) in [4.78, 5) is 16.0. The van der Waals surface area contributed by atoms with Crippen LogP contribution in [-0.2, 0) is 0 Å². The van der Waals surface area contributed by atoms with Gasteiger partial charge in [-0.05, 0) is 25.5 Å². The highest BCUT2D eigenvalue weighted by molar-refractivity contribution is 7.17. The number of aromatic nitrogens is 3. The number of carbonyl (C=O) groups excluding carboxylic acids is 1. The van der Waals surface area contributed by atoms with Crippen LogP contribution in [0, 0.1) is 6.92 Å². The number of nitrogens with one attached hydrogen (secondary N) is 2. The van der Waals surface area contributed by atoms with Crippen LogP contribution in [0.5, 0.6) is 0 Å². The van der Waals surface area contributed by atoms with Gasteiger partial charge in [-0.15, -0.1) is 10.2 Å². The van der Waals surface area contributed by atoms with E-state index in [1.54, 1.807) is 12.3 Å². The summed E-state index contributed by atoms with van der Waals surface area (Å²) in [6, 6.07) is 3.64. The second kappa shape index (κ2) is 6.24. The number of anilines is 2. The molecule has 2 N–H and O–H groups in total. The molecule has 0 fully saturated rings. The number of pyridine rings is 1. The molecule has 0 aliphatic carbocycles. The number of carbonyl (C=O) groups is 1. The van der Waals surface area contributed by atoms with Crippen LogP contribution in [0.4, 0.5) is 10.8 Å². The summed E-state index contributed by atoms with van der Waals surface area (Å²) in [6.45, 7) is 4.77. The van der Waals surface area contributed by atoms with Gasteiger partial charge in [0, 0.05) is 12.2 Å². The molecule has 2 aromatic rings. The Hall–Kier alpha value is -2.02. The van der Waals surface area contributed by atoms with E-state index < -0.39 is 0 Å². The molecular formula is C12H15N5OS. The first-order valence-corrected chi connectivity index (χ1v) is 6.82. The monoisotopic (exact) mass is 277 g/mol. The minimum atomic E-state index is -0.271. The largest absolute Gasteiger partial charge is 0.360 e. The minimum Gasteiger partial charge on any atom is -0.360 e. The summed E-state index contributed by atoms with van der Waals surface area (Å²) in [5, 5.41) is 14.6. The van der Waals surface area contributed by atoms with Gasteiger partial charge in [-0.25, -0.2) is 0 Å². The number of nitrogens with zero attached hydrogens (tertiary/aromatic N) is 3.